The Morgan fingerprint density at radius 3 is 2.38 bits per heavy atom. The standard InChI is InChI=1S/C27H19ClF6N6OS/c1-16-14-42-25(40(16)23-21(26(29,30)31)3-2-4-22(23)28)37-36-13-17-5-7-18(8-6-17)24-35-15-39(38-24)19-9-11-20(12-10-19)41-27(32,33)34/h2-13,15-16H,14H2,1H3/b36-13+,37-25-. The van der Waals surface area contributed by atoms with E-state index in [0.717, 1.165) is 6.07 Å². The summed E-state index contributed by atoms with van der Waals surface area (Å²) in [5.41, 5.74) is 0.816. The quantitative estimate of drug-likeness (QED) is 0.124. The number of alkyl halides is 6. The Balaban J connectivity index is 1.30. The summed E-state index contributed by atoms with van der Waals surface area (Å²) < 4.78 is 83.5. The van der Waals surface area contributed by atoms with Crippen LogP contribution in [0.2, 0.25) is 5.02 Å². The van der Waals surface area contributed by atoms with Crippen LogP contribution in [-0.2, 0) is 6.18 Å². The lowest BCUT2D eigenvalue weighted by molar-refractivity contribution is -0.274. The number of anilines is 1. The highest BCUT2D eigenvalue weighted by Gasteiger charge is 2.40. The monoisotopic (exact) mass is 624 g/mol. The summed E-state index contributed by atoms with van der Waals surface area (Å²) >= 11 is 7.49. The smallest absolute Gasteiger partial charge is 0.406 e. The minimum atomic E-state index is -4.78. The zero-order valence-corrected chi connectivity index (χ0v) is 23.0. The number of nitrogens with zero attached hydrogens (tertiary/aromatic N) is 6. The Morgan fingerprint density at radius 1 is 1.00 bits per heavy atom. The third kappa shape index (κ3) is 6.71. The van der Waals surface area contributed by atoms with E-state index < -0.39 is 18.1 Å². The van der Waals surface area contributed by atoms with Crippen molar-refractivity contribution in [1.29, 1.82) is 0 Å². The zero-order valence-electron chi connectivity index (χ0n) is 21.4. The van der Waals surface area contributed by atoms with E-state index in [1.807, 2.05) is 0 Å². The van der Waals surface area contributed by atoms with Gasteiger partial charge >= 0.3 is 12.5 Å². The van der Waals surface area contributed by atoms with Crippen molar-refractivity contribution < 1.29 is 31.1 Å². The van der Waals surface area contributed by atoms with Crippen LogP contribution >= 0.6 is 23.4 Å². The topological polar surface area (TPSA) is 67.9 Å². The fourth-order valence-electron chi connectivity index (χ4n) is 4.09. The van der Waals surface area contributed by atoms with Gasteiger partial charge in [0.25, 0.3) is 0 Å². The molecule has 42 heavy (non-hydrogen) atoms. The number of hydrogen-bond acceptors (Lipinski definition) is 6. The van der Waals surface area contributed by atoms with Crippen molar-refractivity contribution in [2.24, 2.45) is 10.2 Å². The van der Waals surface area contributed by atoms with Gasteiger partial charge in [0.05, 0.1) is 28.2 Å². The molecule has 0 amide bonds. The van der Waals surface area contributed by atoms with E-state index in [-0.39, 0.29) is 22.5 Å². The minimum Gasteiger partial charge on any atom is -0.406 e. The van der Waals surface area contributed by atoms with Crippen molar-refractivity contribution in [2.75, 3.05) is 10.7 Å². The Kier molecular flexibility index (Phi) is 8.19. The number of aromatic nitrogens is 3. The molecular weight excluding hydrogens is 606 g/mol. The summed E-state index contributed by atoms with van der Waals surface area (Å²) in [6.07, 6.45) is -6.48. The second kappa shape index (κ2) is 11.7. The predicted octanol–water partition coefficient (Wildman–Crippen LogP) is 7.84. The number of rotatable bonds is 6. The van der Waals surface area contributed by atoms with Crippen molar-refractivity contribution >= 4 is 40.4 Å². The van der Waals surface area contributed by atoms with Crippen LogP contribution in [0.1, 0.15) is 18.1 Å². The summed E-state index contributed by atoms with van der Waals surface area (Å²) in [4.78, 5) is 5.70. The summed E-state index contributed by atoms with van der Waals surface area (Å²) in [7, 11) is 0. The fraction of sp³-hybridized carbons (Fsp3) is 0.185. The molecule has 0 radical (unpaired) electrons. The molecule has 218 valence electrons. The van der Waals surface area contributed by atoms with Crippen molar-refractivity contribution in [1.82, 2.24) is 14.8 Å². The maximum Gasteiger partial charge on any atom is 0.573 e. The van der Waals surface area contributed by atoms with E-state index in [0.29, 0.717) is 33.6 Å². The van der Waals surface area contributed by atoms with Gasteiger partial charge in [0.2, 0.25) is 0 Å². The Bertz CT molecular complexity index is 1620. The summed E-state index contributed by atoms with van der Waals surface area (Å²) in [5.74, 6) is 0.538. The molecule has 5 rings (SSSR count). The van der Waals surface area contributed by atoms with E-state index in [9.17, 15) is 26.3 Å². The third-order valence-electron chi connectivity index (χ3n) is 5.98. The lowest BCUT2D eigenvalue weighted by Crippen LogP contribution is -2.33. The molecular formula is C27H19ClF6N6OS. The van der Waals surface area contributed by atoms with Gasteiger partial charge in [-0.15, -0.1) is 23.4 Å². The third-order valence-corrected chi connectivity index (χ3v) is 7.47. The van der Waals surface area contributed by atoms with Crippen LogP contribution in [0.25, 0.3) is 17.1 Å². The molecule has 1 unspecified atom stereocenters. The molecule has 1 saturated heterocycles. The second-order valence-electron chi connectivity index (χ2n) is 8.97. The molecule has 2 heterocycles. The highest BCUT2D eigenvalue weighted by atomic mass is 35.5. The van der Waals surface area contributed by atoms with E-state index in [2.05, 4.69) is 25.0 Å². The molecule has 1 aromatic heterocycles. The number of ether oxygens (including phenoxy) is 1. The lowest BCUT2D eigenvalue weighted by Gasteiger charge is -2.27. The average Bonchev–Trinajstić information content (AvgIpc) is 3.55. The maximum atomic E-state index is 13.7. The average molecular weight is 625 g/mol. The van der Waals surface area contributed by atoms with E-state index >= 15 is 0 Å². The molecule has 7 nitrogen and oxygen atoms in total. The van der Waals surface area contributed by atoms with Crippen molar-refractivity contribution in [2.45, 2.75) is 25.5 Å². The van der Waals surface area contributed by atoms with Crippen molar-refractivity contribution in [3.63, 3.8) is 0 Å². The maximum absolute atomic E-state index is 13.7. The van der Waals surface area contributed by atoms with E-state index in [4.69, 9.17) is 11.6 Å². The normalized spacial score (nSPS) is 17.0. The van der Waals surface area contributed by atoms with Crippen LogP contribution < -0.4 is 9.64 Å². The van der Waals surface area contributed by atoms with Crippen molar-refractivity contribution in [3.05, 3.63) is 89.2 Å². The van der Waals surface area contributed by atoms with E-state index in [1.165, 1.54) is 70.3 Å². The first-order valence-corrected chi connectivity index (χ1v) is 13.5. The molecule has 1 fully saturated rings. The van der Waals surface area contributed by atoms with Crippen LogP contribution in [0.3, 0.4) is 0 Å². The van der Waals surface area contributed by atoms with Gasteiger partial charge in [-0.3, -0.25) is 0 Å². The Hall–Kier alpha value is -4.04. The van der Waals surface area contributed by atoms with Crippen molar-refractivity contribution in [3.8, 4) is 22.8 Å². The molecule has 0 saturated carbocycles. The summed E-state index contributed by atoms with van der Waals surface area (Å²) in [6, 6.07) is 15.5. The Labute approximate surface area is 244 Å². The van der Waals surface area contributed by atoms with Gasteiger partial charge in [-0.1, -0.05) is 53.7 Å². The van der Waals surface area contributed by atoms with E-state index in [1.54, 1.807) is 31.2 Å². The molecule has 0 N–H and O–H groups in total. The molecule has 0 spiro atoms. The van der Waals surface area contributed by atoms with Gasteiger partial charge in [-0.25, -0.2) is 9.67 Å². The summed E-state index contributed by atoms with van der Waals surface area (Å²) in [5, 5.41) is 12.9. The molecule has 1 aliphatic heterocycles. The zero-order chi connectivity index (χ0) is 30.1. The van der Waals surface area contributed by atoms with Gasteiger partial charge in [0, 0.05) is 17.4 Å². The lowest BCUT2D eigenvalue weighted by atomic mass is 10.1. The van der Waals surface area contributed by atoms with Crippen LogP contribution in [-0.4, -0.2) is 44.3 Å². The molecule has 1 atom stereocenters. The van der Waals surface area contributed by atoms with Crippen LogP contribution in [0.5, 0.6) is 5.75 Å². The molecule has 0 aliphatic carbocycles. The number of halogens is 7. The van der Waals surface area contributed by atoms with Gasteiger partial charge in [0.1, 0.15) is 12.1 Å². The van der Waals surface area contributed by atoms with Gasteiger partial charge in [-0.2, -0.15) is 18.3 Å². The van der Waals surface area contributed by atoms with Crippen LogP contribution in [0.15, 0.2) is 83.3 Å². The number of amidine groups is 1. The Morgan fingerprint density at radius 2 is 1.71 bits per heavy atom. The molecule has 4 aromatic rings. The number of hydrogen-bond donors (Lipinski definition) is 0. The first-order chi connectivity index (χ1) is 19.9. The largest absolute Gasteiger partial charge is 0.573 e. The van der Waals surface area contributed by atoms with Gasteiger partial charge < -0.3 is 9.64 Å². The molecule has 3 aromatic carbocycles. The summed E-state index contributed by atoms with van der Waals surface area (Å²) in [6.45, 7) is 1.79. The van der Waals surface area contributed by atoms with Crippen LogP contribution in [0, 0.1) is 0 Å². The first kappa shape index (κ1) is 29.5. The van der Waals surface area contributed by atoms with Crippen LogP contribution in [0.4, 0.5) is 32.0 Å². The second-order valence-corrected chi connectivity index (χ2v) is 10.4. The predicted molar refractivity (Wildman–Crippen MR) is 149 cm³/mol. The number of para-hydroxylation sites is 1. The minimum absolute atomic E-state index is 0.0324. The fourth-order valence-corrected chi connectivity index (χ4v) is 5.41. The van der Waals surface area contributed by atoms with Gasteiger partial charge in [-0.05, 0) is 48.9 Å². The number of benzene rings is 3. The number of thioether (sulfide) groups is 1. The molecule has 1 aliphatic rings. The van der Waals surface area contributed by atoms with Gasteiger partial charge in [0.15, 0.2) is 11.0 Å². The molecule has 15 heteroatoms. The molecule has 0 bridgehead atoms. The SMILES string of the molecule is CC1CS/C(=N\N=C\c2ccc(-c3ncn(-c4ccc(OC(F)(F)F)cc4)n3)cc2)N1c1c(Cl)cccc1C(F)(F)F. The highest BCUT2D eigenvalue weighted by Crippen LogP contribution is 2.44. The first-order valence-electron chi connectivity index (χ1n) is 12.2. The highest BCUT2D eigenvalue weighted by molar-refractivity contribution is 8.14.